The van der Waals surface area contributed by atoms with Gasteiger partial charge in [-0.25, -0.2) is 4.98 Å². The summed E-state index contributed by atoms with van der Waals surface area (Å²) in [6, 6.07) is 0.399. The summed E-state index contributed by atoms with van der Waals surface area (Å²) in [5, 5.41) is 16.1. The Kier molecular flexibility index (Phi) is 4.25. The van der Waals surface area contributed by atoms with Crippen LogP contribution >= 0.6 is 0 Å². The zero-order valence-electron chi connectivity index (χ0n) is 14.6. The second kappa shape index (κ2) is 6.70. The van der Waals surface area contributed by atoms with Gasteiger partial charge in [0.25, 0.3) is 5.89 Å². The van der Waals surface area contributed by atoms with Crippen molar-refractivity contribution in [3.05, 3.63) is 29.8 Å². The molecule has 0 aromatic carbocycles. The molecule has 1 aliphatic rings. The third kappa shape index (κ3) is 3.29. The first kappa shape index (κ1) is 15.9. The molecule has 4 rings (SSSR count). The van der Waals surface area contributed by atoms with Gasteiger partial charge in [0.2, 0.25) is 0 Å². The number of nitrogens with zero attached hydrogens (tertiary/aromatic N) is 6. The zero-order valence-corrected chi connectivity index (χ0v) is 14.6. The molecule has 1 N–H and O–H groups in total. The van der Waals surface area contributed by atoms with E-state index >= 15 is 0 Å². The summed E-state index contributed by atoms with van der Waals surface area (Å²) in [5.74, 6) is 1.64. The van der Waals surface area contributed by atoms with Gasteiger partial charge in [0, 0.05) is 50.7 Å². The van der Waals surface area contributed by atoms with E-state index in [2.05, 4.69) is 26.7 Å². The van der Waals surface area contributed by atoms with E-state index in [0.29, 0.717) is 30.2 Å². The number of nitrogens with one attached hydrogen (secondary N) is 1. The normalized spacial score (nSPS) is 15.6. The Labute approximate surface area is 146 Å². The van der Waals surface area contributed by atoms with Crippen LogP contribution in [0.1, 0.15) is 49.3 Å². The third-order valence-electron chi connectivity index (χ3n) is 4.80. The first-order valence-corrected chi connectivity index (χ1v) is 8.78. The average molecular weight is 341 g/mol. The Morgan fingerprint density at radius 1 is 1.20 bits per heavy atom. The molecule has 0 unspecified atom stereocenters. The van der Waals surface area contributed by atoms with Gasteiger partial charge in [-0.2, -0.15) is 5.10 Å². The number of anilines is 1. The molecule has 1 fully saturated rings. The molecule has 3 heterocycles. The molecule has 0 aliphatic heterocycles. The van der Waals surface area contributed by atoms with Crippen molar-refractivity contribution in [2.75, 3.05) is 5.32 Å². The molecule has 0 atom stereocenters. The van der Waals surface area contributed by atoms with Crippen LogP contribution in [0.4, 0.5) is 6.01 Å². The Morgan fingerprint density at radius 2 is 2.04 bits per heavy atom. The molecule has 1 saturated carbocycles. The average Bonchev–Trinajstić information content (AvgIpc) is 3.33. The fourth-order valence-electron chi connectivity index (χ4n) is 3.54. The fraction of sp³-hybridized carbons (Fsp3) is 0.529. The lowest BCUT2D eigenvalue weighted by Gasteiger charge is -2.20. The summed E-state index contributed by atoms with van der Waals surface area (Å²) >= 11 is 0. The number of rotatable bonds is 5. The summed E-state index contributed by atoms with van der Waals surface area (Å²) in [6.07, 6.45) is 12.0. The van der Waals surface area contributed by atoms with Gasteiger partial charge in [-0.3, -0.25) is 4.68 Å². The maximum atomic E-state index is 5.68. The molecular weight excluding hydrogens is 318 g/mol. The van der Waals surface area contributed by atoms with E-state index in [-0.39, 0.29) is 0 Å². The maximum Gasteiger partial charge on any atom is 0.316 e. The quantitative estimate of drug-likeness (QED) is 0.768. The van der Waals surface area contributed by atoms with E-state index < -0.39 is 0 Å². The molecule has 0 radical (unpaired) electrons. The van der Waals surface area contributed by atoms with Gasteiger partial charge in [0.05, 0.1) is 5.69 Å². The number of hydrogen-bond donors (Lipinski definition) is 1. The Bertz CT molecular complexity index is 841. The monoisotopic (exact) mass is 341 g/mol. The molecule has 0 spiro atoms. The van der Waals surface area contributed by atoms with Crippen LogP contribution in [-0.2, 0) is 20.6 Å². The van der Waals surface area contributed by atoms with Gasteiger partial charge >= 0.3 is 6.01 Å². The highest BCUT2D eigenvalue weighted by atomic mass is 16.4. The van der Waals surface area contributed by atoms with Crippen molar-refractivity contribution in [1.82, 2.24) is 29.5 Å². The van der Waals surface area contributed by atoms with E-state index in [1.807, 2.05) is 29.5 Å². The lowest BCUT2D eigenvalue weighted by molar-refractivity contribution is 0.432. The smallest absolute Gasteiger partial charge is 0.316 e. The Morgan fingerprint density at radius 3 is 2.80 bits per heavy atom. The minimum atomic E-state index is 0.399. The highest BCUT2D eigenvalue weighted by Gasteiger charge is 2.22. The van der Waals surface area contributed by atoms with E-state index in [1.165, 1.54) is 43.4 Å². The van der Waals surface area contributed by atoms with Crippen molar-refractivity contribution in [1.29, 1.82) is 0 Å². The molecule has 132 valence electrons. The van der Waals surface area contributed by atoms with Gasteiger partial charge in [0.15, 0.2) is 5.82 Å². The minimum absolute atomic E-state index is 0.399. The van der Waals surface area contributed by atoms with Gasteiger partial charge in [-0.1, -0.05) is 24.4 Å². The van der Waals surface area contributed by atoms with Crippen molar-refractivity contribution in [3.63, 3.8) is 0 Å². The van der Waals surface area contributed by atoms with Crippen molar-refractivity contribution in [3.8, 4) is 11.7 Å². The van der Waals surface area contributed by atoms with Crippen molar-refractivity contribution in [2.24, 2.45) is 14.1 Å². The summed E-state index contributed by atoms with van der Waals surface area (Å²) in [5.41, 5.74) is 2.41. The van der Waals surface area contributed by atoms with Crippen LogP contribution in [0.2, 0.25) is 0 Å². The SMILES string of the molecule is Cn1cc(CNc2nnc(-c3nccn3C)o2)c(C2CCCCC2)n1. The van der Waals surface area contributed by atoms with Gasteiger partial charge < -0.3 is 14.3 Å². The second-order valence-electron chi connectivity index (χ2n) is 6.68. The molecule has 8 heteroatoms. The van der Waals surface area contributed by atoms with Crippen LogP contribution < -0.4 is 5.32 Å². The fourth-order valence-corrected chi connectivity index (χ4v) is 3.54. The molecule has 3 aromatic rings. The van der Waals surface area contributed by atoms with Crippen LogP contribution in [0.5, 0.6) is 0 Å². The largest absolute Gasteiger partial charge is 0.400 e. The van der Waals surface area contributed by atoms with E-state index in [0.717, 1.165) is 0 Å². The van der Waals surface area contributed by atoms with Crippen LogP contribution in [0, 0.1) is 0 Å². The predicted molar refractivity (Wildman–Crippen MR) is 92.9 cm³/mol. The third-order valence-corrected chi connectivity index (χ3v) is 4.80. The topological polar surface area (TPSA) is 86.6 Å². The standard InChI is InChI=1S/C17H23N7O/c1-23-9-8-18-15(23)16-20-21-17(25-16)19-10-13-11-24(2)22-14(13)12-6-4-3-5-7-12/h8-9,11-12H,3-7,10H2,1-2H3,(H,19,21). The van der Waals surface area contributed by atoms with E-state index in [9.17, 15) is 0 Å². The lowest BCUT2D eigenvalue weighted by Crippen LogP contribution is -2.09. The molecule has 1 aliphatic carbocycles. The van der Waals surface area contributed by atoms with Crippen LogP contribution in [0.3, 0.4) is 0 Å². The maximum absolute atomic E-state index is 5.68. The highest BCUT2D eigenvalue weighted by molar-refractivity contribution is 5.42. The highest BCUT2D eigenvalue weighted by Crippen LogP contribution is 2.33. The van der Waals surface area contributed by atoms with E-state index in [1.54, 1.807) is 6.20 Å². The van der Waals surface area contributed by atoms with Crippen LogP contribution in [0.15, 0.2) is 23.0 Å². The Balaban J connectivity index is 1.47. The minimum Gasteiger partial charge on any atom is -0.400 e. The first-order valence-electron chi connectivity index (χ1n) is 8.78. The van der Waals surface area contributed by atoms with Gasteiger partial charge in [-0.15, -0.1) is 5.10 Å². The van der Waals surface area contributed by atoms with Crippen molar-refractivity contribution >= 4 is 6.01 Å². The van der Waals surface area contributed by atoms with Crippen molar-refractivity contribution < 1.29 is 4.42 Å². The van der Waals surface area contributed by atoms with Gasteiger partial charge in [-0.05, 0) is 12.8 Å². The van der Waals surface area contributed by atoms with Crippen LogP contribution in [-0.4, -0.2) is 29.5 Å². The molecule has 3 aromatic heterocycles. The molecule has 0 amide bonds. The zero-order chi connectivity index (χ0) is 17.2. The Hall–Kier alpha value is -2.64. The number of aryl methyl sites for hydroxylation is 2. The van der Waals surface area contributed by atoms with Crippen LogP contribution in [0.25, 0.3) is 11.7 Å². The summed E-state index contributed by atoms with van der Waals surface area (Å²) < 4.78 is 9.42. The molecule has 8 nitrogen and oxygen atoms in total. The molecule has 25 heavy (non-hydrogen) atoms. The number of hydrogen-bond acceptors (Lipinski definition) is 6. The first-order chi connectivity index (χ1) is 12.2. The second-order valence-corrected chi connectivity index (χ2v) is 6.68. The lowest BCUT2D eigenvalue weighted by atomic mass is 9.85. The summed E-state index contributed by atoms with van der Waals surface area (Å²) in [6.45, 7) is 0.627. The van der Waals surface area contributed by atoms with Crippen molar-refractivity contribution in [2.45, 2.75) is 44.6 Å². The predicted octanol–water partition coefficient (Wildman–Crippen LogP) is 2.86. The molecular formula is C17H23N7O. The summed E-state index contributed by atoms with van der Waals surface area (Å²) in [4.78, 5) is 4.22. The molecule has 0 bridgehead atoms. The number of aromatic nitrogens is 6. The molecule has 0 saturated heterocycles. The number of imidazole rings is 1. The van der Waals surface area contributed by atoms with E-state index in [4.69, 9.17) is 9.52 Å². The van der Waals surface area contributed by atoms with Gasteiger partial charge in [0.1, 0.15) is 0 Å². The summed E-state index contributed by atoms with van der Waals surface area (Å²) in [7, 11) is 3.87.